The van der Waals surface area contributed by atoms with Crippen LogP contribution in [0.15, 0.2) is 17.0 Å². The molecule has 2 atom stereocenters. The van der Waals surface area contributed by atoms with Crippen molar-refractivity contribution in [3.8, 4) is 0 Å². The van der Waals surface area contributed by atoms with E-state index in [1.54, 1.807) is 6.07 Å². The van der Waals surface area contributed by atoms with Gasteiger partial charge in [-0.15, -0.1) is 0 Å². The predicted octanol–water partition coefficient (Wildman–Crippen LogP) is 5.16. The highest BCUT2D eigenvalue weighted by Gasteiger charge is 2.29. The molecule has 1 aromatic carbocycles. The van der Waals surface area contributed by atoms with Crippen LogP contribution in [0.4, 0.5) is 9.52 Å². The van der Waals surface area contributed by atoms with Crippen molar-refractivity contribution in [2.75, 3.05) is 4.90 Å². The van der Waals surface area contributed by atoms with Crippen molar-refractivity contribution in [3.05, 3.63) is 17.9 Å². The third-order valence-electron chi connectivity index (χ3n) is 4.24. The van der Waals surface area contributed by atoms with Crippen molar-refractivity contribution in [1.82, 2.24) is 4.98 Å². The smallest absolute Gasteiger partial charge is 0.187 e. The molecule has 1 aliphatic rings. The van der Waals surface area contributed by atoms with E-state index in [4.69, 9.17) is 4.55 Å². The molecule has 3 rings (SSSR count). The lowest BCUT2D eigenvalue weighted by molar-refractivity contribution is 0.389. The quantitative estimate of drug-likeness (QED) is 0.791. The molecule has 0 aliphatic carbocycles. The van der Waals surface area contributed by atoms with Gasteiger partial charge < -0.3 is 9.45 Å². The summed E-state index contributed by atoms with van der Waals surface area (Å²) < 4.78 is 24.0. The third-order valence-corrected chi connectivity index (χ3v) is 5.70. The van der Waals surface area contributed by atoms with E-state index in [0.717, 1.165) is 22.7 Å². The summed E-state index contributed by atoms with van der Waals surface area (Å²) >= 11 is 2.09. The number of halogens is 1. The van der Waals surface area contributed by atoms with Gasteiger partial charge in [0.2, 0.25) is 0 Å². The first-order chi connectivity index (χ1) is 10.1. The summed E-state index contributed by atoms with van der Waals surface area (Å²) in [5.41, 5.74) is 0.417. The molecule has 2 heterocycles. The van der Waals surface area contributed by atoms with Gasteiger partial charge in [-0.05, 0) is 44.7 Å². The van der Waals surface area contributed by atoms with Gasteiger partial charge in [0.1, 0.15) is 5.52 Å². The highest BCUT2D eigenvalue weighted by molar-refractivity contribution is 7.93. The Morgan fingerprint density at radius 3 is 3.00 bits per heavy atom. The average molecular weight is 326 g/mol. The summed E-state index contributed by atoms with van der Waals surface area (Å²) in [7, 11) is 0. The lowest BCUT2D eigenvalue weighted by atomic mass is 9.95. The maximum atomic E-state index is 14.1. The summed E-state index contributed by atoms with van der Waals surface area (Å²) in [6, 6.07) is 4.08. The molecule has 0 amide bonds. The van der Waals surface area contributed by atoms with E-state index in [-0.39, 0.29) is 5.82 Å². The van der Waals surface area contributed by atoms with Gasteiger partial charge in [0, 0.05) is 29.0 Å². The zero-order valence-corrected chi connectivity index (χ0v) is 13.8. The van der Waals surface area contributed by atoms with Crippen LogP contribution < -0.4 is 4.90 Å². The van der Waals surface area contributed by atoms with Gasteiger partial charge in [-0.2, -0.15) is 0 Å². The number of hydrogen-bond acceptors (Lipinski definition) is 5. The number of aromatic nitrogens is 1. The zero-order chi connectivity index (χ0) is 15.0. The van der Waals surface area contributed by atoms with Gasteiger partial charge in [0.15, 0.2) is 10.9 Å². The maximum Gasteiger partial charge on any atom is 0.187 e. The van der Waals surface area contributed by atoms with Crippen LogP contribution >= 0.6 is 23.4 Å². The van der Waals surface area contributed by atoms with Gasteiger partial charge in [-0.1, -0.05) is 18.3 Å². The van der Waals surface area contributed by atoms with Gasteiger partial charge in [0.05, 0.1) is 4.70 Å². The number of anilines is 1. The van der Waals surface area contributed by atoms with E-state index in [1.807, 2.05) is 0 Å². The molecule has 1 aliphatic heterocycles. The standard InChI is InChI=1S/C15H19FN2OS2/c1-3-10-6-4-5-9(2)18(10)15-17-14-12(16)7-11(21-19)8-13(14)20-15/h7-10,19H,3-6H2,1-2H3/t9?,10-/m1/s1. The van der Waals surface area contributed by atoms with Crippen LogP contribution in [0.1, 0.15) is 39.5 Å². The first-order valence-corrected chi connectivity index (χ1v) is 8.92. The topological polar surface area (TPSA) is 36.4 Å². The van der Waals surface area contributed by atoms with Gasteiger partial charge >= 0.3 is 0 Å². The molecule has 114 valence electrons. The number of thiazole rings is 1. The van der Waals surface area contributed by atoms with Gasteiger partial charge in [0.25, 0.3) is 0 Å². The Bertz CT molecular complexity index is 646. The monoisotopic (exact) mass is 326 g/mol. The lowest BCUT2D eigenvalue weighted by Gasteiger charge is -2.40. The van der Waals surface area contributed by atoms with E-state index < -0.39 is 0 Å². The Kier molecular flexibility index (Phi) is 4.38. The number of fused-ring (bicyclic) bond motifs is 1. The number of piperidine rings is 1. The highest BCUT2D eigenvalue weighted by atomic mass is 32.2. The van der Waals surface area contributed by atoms with Crippen LogP contribution in [0.2, 0.25) is 0 Å². The molecule has 0 bridgehead atoms. The number of nitrogens with zero attached hydrogens (tertiary/aromatic N) is 2. The molecule has 2 aromatic rings. The molecule has 3 nitrogen and oxygen atoms in total. The fourth-order valence-corrected chi connectivity index (χ4v) is 4.74. The second kappa shape index (κ2) is 6.10. The summed E-state index contributed by atoms with van der Waals surface area (Å²) in [4.78, 5) is 7.42. The SMILES string of the molecule is CC[C@@H]1CCCC(C)N1c1nc2c(F)cc(SO)cc2s1. The van der Waals surface area contributed by atoms with Crippen LogP contribution in [-0.4, -0.2) is 21.6 Å². The summed E-state index contributed by atoms with van der Waals surface area (Å²) in [5.74, 6) is -0.357. The molecule has 0 spiro atoms. The lowest BCUT2D eigenvalue weighted by Crippen LogP contribution is -2.45. The van der Waals surface area contributed by atoms with Crippen molar-refractivity contribution < 1.29 is 8.94 Å². The van der Waals surface area contributed by atoms with Gasteiger partial charge in [-0.3, -0.25) is 0 Å². The van der Waals surface area contributed by atoms with Crippen LogP contribution in [0.3, 0.4) is 0 Å². The molecule has 1 saturated heterocycles. The minimum Gasteiger partial charge on any atom is -0.342 e. The number of benzene rings is 1. The van der Waals surface area contributed by atoms with Crippen molar-refractivity contribution in [1.29, 1.82) is 0 Å². The van der Waals surface area contributed by atoms with Crippen LogP contribution in [0.5, 0.6) is 0 Å². The molecule has 1 unspecified atom stereocenters. The Balaban J connectivity index is 2.05. The molecule has 1 aromatic heterocycles. The van der Waals surface area contributed by atoms with Crippen molar-refractivity contribution in [2.45, 2.75) is 56.5 Å². The molecule has 1 N–H and O–H groups in total. The number of rotatable bonds is 3. The van der Waals surface area contributed by atoms with E-state index in [9.17, 15) is 4.39 Å². The highest BCUT2D eigenvalue weighted by Crippen LogP contribution is 2.38. The maximum absolute atomic E-state index is 14.1. The normalized spacial score (nSPS) is 23.0. The van der Waals surface area contributed by atoms with E-state index in [1.165, 1.54) is 30.2 Å². The molecular formula is C15H19FN2OS2. The summed E-state index contributed by atoms with van der Waals surface area (Å²) in [6.45, 7) is 4.42. The fourth-order valence-electron chi connectivity index (χ4n) is 3.15. The molecule has 6 heteroatoms. The average Bonchev–Trinajstić information content (AvgIpc) is 2.90. The minimum absolute atomic E-state index is 0.357. The summed E-state index contributed by atoms with van der Waals surface area (Å²) in [5, 5.41) is 0.906. The van der Waals surface area contributed by atoms with Crippen molar-refractivity contribution in [3.63, 3.8) is 0 Å². The zero-order valence-electron chi connectivity index (χ0n) is 12.2. The molecule has 0 saturated carbocycles. The largest absolute Gasteiger partial charge is 0.342 e. The fraction of sp³-hybridized carbons (Fsp3) is 0.533. The van der Waals surface area contributed by atoms with E-state index >= 15 is 0 Å². The van der Waals surface area contributed by atoms with Crippen LogP contribution in [-0.2, 0) is 0 Å². The molecule has 0 radical (unpaired) electrons. The minimum atomic E-state index is -0.357. The summed E-state index contributed by atoms with van der Waals surface area (Å²) in [6.07, 6.45) is 4.67. The second-order valence-corrected chi connectivity index (χ2v) is 7.25. The molecule has 21 heavy (non-hydrogen) atoms. The van der Waals surface area contributed by atoms with Crippen LogP contribution in [0.25, 0.3) is 10.2 Å². The van der Waals surface area contributed by atoms with Crippen molar-refractivity contribution >= 4 is 38.7 Å². The van der Waals surface area contributed by atoms with Gasteiger partial charge in [-0.25, -0.2) is 9.37 Å². The third kappa shape index (κ3) is 2.76. The Hall–Kier alpha value is -0.850. The number of hydrogen-bond donors (Lipinski definition) is 1. The Morgan fingerprint density at radius 2 is 2.29 bits per heavy atom. The van der Waals surface area contributed by atoms with E-state index in [0.29, 0.717) is 34.5 Å². The first-order valence-electron chi connectivity index (χ1n) is 7.34. The second-order valence-electron chi connectivity index (χ2n) is 5.59. The Labute approximate surface area is 132 Å². The van der Waals surface area contributed by atoms with E-state index in [2.05, 4.69) is 23.7 Å². The van der Waals surface area contributed by atoms with Crippen molar-refractivity contribution in [2.24, 2.45) is 0 Å². The predicted molar refractivity (Wildman–Crippen MR) is 87.9 cm³/mol. The Morgan fingerprint density at radius 1 is 1.48 bits per heavy atom. The molecule has 1 fully saturated rings. The van der Waals surface area contributed by atoms with Crippen LogP contribution in [0, 0.1) is 5.82 Å². The molecular weight excluding hydrogens is 307 g/mol. The first kappa shape index (κ1) is 15.1.